The second-order valence-corrected chi connectivity index (χ2v) is 5.60. The normalized spacial score (nSPS) is 17.5. The van der Waals surface area contributed by atoms with Crippen molar-refractivity contribution in [3.05, 3.63) is 35.9 Å². The number of Topliss-reactive ketones (excluding diaryl/α,β-unsaturated/α-hetero) is 1. The molecule has 7 heteroatoms. The highest BCUT2D eigenvalue weighted by Gasteiger charge is 2.21. The summed E-state index contributed by atoms with van der Waals surface area (Å²) in [6, 6.07) is 9.54. The molecule has 1 aliphatic rings. The zero-order valence-electron chi connectivity index (χ0n) is 13.7. The molecule has 24 heavy (non-hydrogen) atoms. The highest BCUT2D eigenvalue weighted by Crippen LogP contribution is 2.17. The fourth-order valence-corrected chi connectivity index (χ4v) is 2.59. The van der Waals surface area contributed by atoms with Gasteiger partial charge in [-0.25, -0.2) is 9.59 Å². The number of ketones is 1. The molecule has 0 bridgehead atoms. The van der Waals surface area contributed by atoms with Crippen molar-refractivity contribution in [2.24, 2.45) is 5.92 Å². The first-order chi connectivity index (χ1) is 11.4. The van der Waals surface area contributed by atoms with Crippen molar-refractivity contribution < 1.29 is 29.3 Å². The van der Waals surface area contributed by atoms with Gasteiger partial charge in [0.1, 0.15) is 0 Å². The minimum atomic E-state index is -1.82. The zero-order chi connectivity index (χ0) is 17.9. The summed E-state index contributed by atoms with van der Waals surface area (Å²) < 4.78 is 5.21. The van der Waals surface area contributed by atoms with E-state index in [1.807, 2.05) is 30.3 Å². The van der Waals surface area contributed by atoms with Crippen molar-refractivity contribution >= 4 is 17.7 Å². The molecule has 2 rings (SSSR count). The highest BCUT2D eigenvalue weighted by atomic mass is 16.5. The average molecular weight is 337 g/mol. The minimum absolute atomic E-state index is 0.216. The van der Waals surface area contributed by atoms with Gasteiger partial charge in [0.2, 0.25) is 0 Å². The van der Waals surface area contributed by atoms with E-state index in [4.69, 9.17) is 24.5 Å². The van der Waals surface area contributed by atoms with Crippen molar-refractivity contribution in [2.75, 3.05) is 33.4 Å². The maximum absolute atomic E-state index is 12.1. The number of hydrogen-bond acceptors (Lipinski definition) is 5. The topological polar surface area (TPSA) is 104 Å². The van der Waals surface area contributed by atoms with Crippen LogP contribution in [0.15, 0.2) is 30.3 Å². The third-order valence-electron chi connectivity index (χ3n) is 3.65. The number of aliphatic carboxylic acids is 2. The van der Waals surface area contributed by atoms with Gasteiger partial charge in [0.15, 0.2) is 5.78 Å². The second kappa shape index (κ2) is 10.5. The number of ether oxygens (including phenoxy) is 1. The Morgan fingerprint density at radius 3 is 2.33 bits per heavy atom. The maximum Gasteiger partial charge on any atom is 0.414 e. The quantitative estimate of drug-likeness (QED) is 0.618. The molecule has 1 aromatic rings. The van der Waals surface area contributed by atoms with Crippen LogP contribution in [0, 0.1) is 5.92 Å². The third kappa shape index (κ3) is 7.34. The number of hydrogen-bond donors (Lipinski definition) is 2. The third-order valence-corrected chi connectivity index (χ3v) is 3.65. The molecule has 1 aromatic carbocycles. The summed E-state index contributed by atoms with van der Waals surface area (Å²) in [5, 5.41) is 14.8. The van der Waals surface area contributed by atoms with Crippen LogP contribution in [0.25, 0.3) is 0 Å². The Morgan fingerprint density at radius 2 is 1.79 bits per heavy atom. The molecule has 1 atom stereocenters. The van der Waals surface area contributed by atoms with Gasteiger partial charge in [-0.05, 0) is 25.3 Å². The Kier molecular flexibility index (Phi) is 8.67. The van der Waals surface area contributed by atoms with Crippen LogP contribution in [-0.4, -0.2) is 66.2 Å². The second-order valence-electron chi connectivity index (χ2n) is 5.60. The first kappa shape index (κ1) is 19.8. The summed E-state index contributed by atoms with van der Waals surface area (Å²) in [5.74, 6) is -2.86. The summed E-state index contributed by atoms with van der Waals surface area (Å²) >= 11 is 0. The molecule has 0 spiro atoms. The molecule has 0 amide bonds. The lowest BCUT2D eigenvalue weighted by Gasteiger charge is -2.31. The summed E-state index contributed by atoms with van der Waals surface area (Å²) in [6.45, 7) is 3.34. The fraction of sp³-hybridized carbons (Fsp3) is 0.471. The number of benzene rings is 1. The standard InChI is InChI=1S/C15H21NO2.C2H2O4/c1-18-12-13-6-5-9-16(10-13)11-15(17)14-7-3-2-4-8-14;3-1(4)2(5)6/h2-4,7-8,13H,5-6,9-12H2,1H3;(H,3,4)(H,5,6). The molecule has 1 saturated heterocycles. The van der Waals surface area contributed by atoms with E-state index in [1.165, 1.54) is 6.42 Å². The van der Waals surface area contributed by atoms with E-state index in [2.05, 4.69) is 4.90 Å². The number of piperidine rings is 1. The van der Waals surface area contributed by atoms with E-state index in [-0.39, 0.29) is 5.78 Å². The van der Waals surface area contributed by atoms with Gasteiger partial charge in [-0.15, -0.1) is 0 Å². The fourth-order valence-electron chi connectivity index (χ4n) is 2.59. The van der Waals surface area contributed by atoms with Crippen LogP contribution >= 0.6 is 0 Å². The van der Waals surface area contributed by atoms with Crippen LogP contribution < -0.4 is 0 Å². The van der Waals surface area contributed by atoms with E-state index < -0.39 is 11.9 Å². The number of carboxylic acid groups (broad SMARTS) is 2. The van der Waals surface area contributed by atoms with Crippen LogP contribution in [0.5, 0.6) is 0 Å². The van der Waals surface area contributed by atoms with Gasteiger partial charge in [-0.3, -0.25) is 9.69 Å². The van der Waals surface area contributed by atoms with Gasteiger partial charge in [0, 0.05) is 19.2 Å². The lowest BCUT2D eigenvalue weighted by atomic mass is 9.98. The monoisotopic (exact) mass is 337 g/mol. The van der Waals surface area contributed by atoms with Gasteiger partial charge < -0.3 is 14.9 Å². The molecule has 1 aliphatic heterocycles. The number of likely N-dealkylation sites (tertiary alicyclic amines) is 1. The van der Waals surface area contributed by atoms with Gasteiger partial charge in [0.25, 0.3) is 0 Å². The van der Waals surface area contributed by atoms with E-state index in [9.17, 15) is 4.79 Å². The van der Waals surface area contributed by atoms with Crippen molar-refractivity contribution in [3.8, 4) is 0 Å². The Bertz CT molecular complexity index is 531. The molecule has 7 nitrogen and oxygen atoms in total. The zero-order valence-corrected chi connectivity index (χ0v) is 13.7. The van der Waals surface area contributed by atoms with Crippen LogP contribution in [0.1, 0.15) is 23.2 Å². The molecular weight excluding hydrogens is 314 g/mol. The maximum atomic E-state index is 12.1. The Balaban J connectivity index is 0.000000413. The molecule has 2 N–H and O–H groups in total. The largest absolute Gasteiger partial charge is 0.473 e. The molecule has 0 radical (unpaired) electrons. The molecule has 0 saturated carbocycles. The Labute approximate surface area is 140 Å². The minimum Gasteiger partial charge on any atom is -0.473 e. The first-order valence-corrected chi connectivity index (χ1v) is 7.69. The number of rotatable bonds is 5. The number of methoxy groups -OCH3 is 1. The number of nitrogens with zero attached hydrogens (tertiary/aromatic N) is 1. The van der Waals surface area contributed by atoms with E-state index in [1.54, 1.807) is 7.11 Å². The Morgan fingerprint density at radius 1 is 1.17 bits per heavy atom. The van der Waals surface area contributed by atoms with Crippen LogP contribution in [-0.2, 0) is 14.3 Å². The van der Waals surface area contributed by atoms with E-state index in [0.29, 0.717) is 12.5 Å². The van der Waals surface area contributed by atoms with Crippen molar-refractivity contribution in [3.63, 3.8) is 0 Å². The van der Waals surface area contributed by atoms with E-state index in [0.717, 1.165) is 31.7 Å². The first-order valence-electron chi connectivity index (χ1n) is 7.69. The molecule has 1 fully saturated rings. The smallest absolute Gasteiger partial charge is 0.414 e. The van der Waals surface area contributed by atoms with Gasteiger partial charge in [-0.1, -0.05) is 30.3 Å². The summed E-state index contributed by atoms with van der Waals surface area (Å²) in [7, 11) is 1.74. The Hall–Kier alpha value is -2.25. The lowest BCUT2D eigenvalue weighted by Crippen LogP contribution is -2.40. The van der Waals surface area contributed by atoms with E-state index >= 15 is 0 Å². The predicted molar refractivity (Wildman–Crippen MR) is 87.1 cm³/mol. The predicted octanol–water partition coefficient (Wildman–Crippen LogP) is 1.38. The SMILES string of the molecule is COCC1CCCN(CC(=O)c2ccccc2)C1.O=C(O)C(=O)O. The number of carbonyl (C=O) groups is 3. The summed E-state index contributed by atoms with van der Waals surface area (Å²) in [4.78, 5) is 32.6. The van der Waals surface area contributed by atoms with Crippen molar-refractivity contribution in [2.45, 2.75) is 12.8 Å². The van der Waals surface area contributed by atoms with Crippen LogP contribution in [0.2, 0.25) is 0 Å². The molecular formula is C17H23NO6. The summed E-state index contributed by atoms with van der Waals surface area (Å²) in [6.07, 6.45) is 2.37. The van der Waals surface area contributed by atoms with Crippen LogP contribution in [0.3, 0.4) is 0 Å². The molecule has 0 aliphatic carbocycles. The summed E-state index contributed by atoms with van der Waals surface area (Å²) in [5.41, 5.74) is 0.811. The number of carbonyl (C=O) groups excluding carboxylic acids is 1. The molecule has 1 heterocycles. The number of carboxylic acids is 2. The average Bonchev–Trinajstić information content (AvgIpc) is 2.57. The molecule has 1 unspecified atom stereocenters. The molecule has 132 valence electrons. The highest BCUT2D eigenvalue weighted by molar-refractivity contribution is 6.27. The van der Waals surface area contributed by atoms with Crippen LogP contribution in [0.4, 0.5) is 0 Å². The lowest BCUT2D eigenvalue weighted by molar-refractivity contribution is -0.159. The molecule has 0 aromatic heterocycles. The van der Waals surface area contributed by atoms with Gasteiger partial charge in [-0.2, -0.15) is 0 Å². The van der Waals surface area contributed by atoms with Gasteiger partial charge in [0.05, 0.1) is 13.2 Å². The van der Waals surface area contributed by atoms with Crippen molar-refractivity contribution in [1.82, 2.24) is 4.90 Å². The van der Waals surface area contributed by atoms with Gasteiger partial charge >= 0.3 is 11.9 Å². The van der Waals surface area contributed by atoms with Crippen molar-refractivity contribution in [1.29, 1.82) is 0 Å².